The first-order chi connectivity index (χ1) is 20.8. The first kappa shape index (κ1) is 29.9. The minimum atomic E-state index is -4.61. The number of hydrogen-bond donors (Lipinski definition) is 0. The van der Waals surface area contributed by atoms with Crippen LogP contribution in [0.5, 0.6) is 0 Å². The Balaban J connectivity index is 1.29. The van der Waals surface area contributed by atoms with Crippen molar-refractivity contribution in [1.29, 1.82) is 0 Å². The van der Waals surface area contributed by atoms with Crippen molar-refractivity contribution in [3.8, 4) is 0 Å². The molecule has 6 aromatic rings. The third kappa shape index (κ3) is 6.52. The Labute approximate surface area is 280 Å². The summed E-state index contributed by atoms with van der Waals surface area (Å²) in [6.45, 7) is 0. The molecular weight excluding hydrogens is 847 g/mol. The van der Waals surface area contributed by atoms with E-state index in [1.807, 2.05) is 54.6 Å². The number of carbonyl (C=O) groups is 3. The summed E-state index contributed by atoms with van der Waals surface area (Å²) in [6, 6.07) is 32.2. The van der Waals surface area contributed by atoms with Gasteiger partial charge in [0.15, 0.2) is 0 Å². The van der Waals surface area contributed by atoms with Gasteiger partial charge in [0.25, 0.3) is 0 Å². The first-order valence-electron chi connectivity index (χ1n) is 12.9. The van der Waals surface area contributed by atoms with Gasteiger partial charge >= 0.3 is 283 Å². The summed E-state index contributed by atoms with van der Waals surface area (Å²) in [5, 5.41) is 5.20. The zero-order valence-electron chi connectivity index (χ0n) is 22.1. The molecule has 0 aliphatic heterocycles. The number of halogens is 3. The van der Waals surface area contributed by atoms with Crippen molar-refractivity contribution < 1.29 is 22.9 Å². The van der Waals surface area contributed by atoms with Gasteiger partial charge < -0.3 is 0 Å². The monoisotopic (exact) mass is 862 g/mol. The molecule has 0 saturated carbocycles. The molecule has 0 bridgehead atoms. The summed E-state index contributed by atoms with van der Waals surface area (Å²) >= 11 is 5.92. The van der Waals surface area contributed by atoms with Crippen LogP contribution in [0, 0.1) is 0 Å². The maximum atomic E-state index is 13.3. The molecule has 6 nitrogen and oxygen atoms in total. The molecule has 0 aliphatic carbocycles. The number of fused-ring (bicyclic) bond motifs is 3. The molecule has 10 heteroatoms. The summed E-state index contributed by atoms with van der Waals surface area (Å²) in [7, 11) is 0. The minimum absolute atomic E-state index is 0.241. The standard InChI is InChI=1S/3C11H7BrO2.In/c3*12-10-3-1-2-7-6-8(11(13)14)4-5-9(7)10;/h3*1-6H,(H,13,14);/q;;;+3/p-3. The van der Waals surface area contributed by atoms with E-state index in [2.05, 4.69) is 47.8 Å². The Kier molecular flexibility index (Phi) is 8.90. The number of hydrogen-bond acceptors (Lipinski definition) is 6. The van der Waals surface area contributed by atoms with Crippen molar-refractivity contribution in [2.75, 3.05) is 0 Å². The van der Waals surface area contributed by atoms with E-state index in [9.17, 15) is 14.4 Å². The fourth-order valence-corrected chi connectivity index (χ4v) is 9.27. The maximum absolute atomic E-state index is 13.3. The summed E-state index contributed by atoms with van der Waals surface area (Å²) in [4.78, 5) is 39.8. The fraction of sp³-hybridized carbons (Fsp3) is 0. The molecule has 6 rings (SSSR count). The quantitative estimate of drug-likeness (QED) is 0.166. The van der Waals surface area contributed by atoms with Gasteiger partial charge in [-0.25, -0.2) is 0 Å². The van der Waals surface area contributed by atoms with Crippen LogP contribution in [0.3, 0.4) is 0 Å². The third-order valence-corrected chi connectivity index (χ3v) is 12.4. The number of carbonyl (C=O) groups excluding carboxylic acids is 3. The van der Waals surface area contributed by atoms with E-state index in [0.717, 1.165) is 45.7 Å². The third-order valence-electron chi connectivity index (χ3n) is 6.80. The molecule has 0 aliphatic rings. The van der Waals surface area contributed by atoms with Crippen LogP contribution in [-0.4, -0.2) is 40.7 Å². The van der Waals surface area contributed by atoms with E-state index in [0.29, 0.717) is 0 Å². The van der Waals surface area contributed by atoms with Gasteiger partial charge in [-0.1, -0.05) is 0 Å². The molecular formula is C33H18Br3InO6. The molecule has 0 N–H and O–H groups in total. The van der Waals surface area contributed by atoms with Gasteiger partial charge in [-0.05, 0) is 0 Å². The average Bonchev–Trinajstić information content (AvgIpc) is 3.00. The van der Waals surface area contributed by atoms with Gasteiger partial charge in [-0.15, -0.1) is 0 Å². The van der Waals surface area contributed by atoms with Crippen LogP contribution in [0.15, 0.2) is 123 Å². The fourth-order valence-electron chi connectivity index (χ4n) is 4.65. The normalized spacial score (nSPS) is 11.0. The summed E-state index contributed by atoms with van der Waals surface area (Å²) in [5.74, 6) is -2.23. The molecule has 0 heterocycles. The Morgan fingerprint density at radius 1 is 0.442 bits per heavy atom. The van der Waals surface area contributed by atoms with E-state index in [1.54, 1.807) is 54.6 Å². The van der Waals surface area contributed by atoms with E-state index < -0.39 is 40.7 Å². The molecule has 43 heavy (non-hydrogen) atoms. The average molecular weight is 865 g/mol. The molecule has 0 spiro atoms. The topological polar surface area (TPSA) is 78.9 Å². The van der Waals surface area contributed by atoms with Crippen LogP contribution >= 0.6 is 47.8 Å². The zero-order valence-corrected chi connectivity index (χ0v) is 30.1. The Morgan fingerprint density at radius 3 is 1.05 bits per heavy atom. The predicted octanol–water partition coefficient (Wildman–Crippen LogP) is 9.29. The second kappa shape index (κ2) is 12.8. The molecule has 0 fully saturated rings. The van der Waals surface area contributed by atoms with Gasteiger partial charge in [0.1, 0.15) is 0 Å². The van der Waals surface area contributed by atoms with Gasteiger partial charge in [0.2, 0.25) is 0 Å². The van der Waals surface area contributed by atoms with Crippen molar-refractivity contribution in [3.63, 3.8) is 0 Å². The van der Waals surface area contributed by atoms with Crippen LogP contribution in [-0.2, 0) is 8.56 Å². The Bertz CT molecular complexity index is 1840. The second-order valence-electron chi connectivity index (χ2n) is 9.53. The SMILES string of the molecule is O=C([O][In]([O]C(=O)c1ccc2c(Br)cccc2c1)[O]C(=O)c1ccc2c(Br)cccc2c1)c1ccc2c(Br)cccc2c1. The molecule has 0 saturated heterocycles. The van der Waals surface area contributed by atoms with E-state index in [1.165, 1.54) is 0 Å². The molecule has 6 aromatic carbocycles. The molecule has 210 valence electrons. The van der Waals surface area contributed by atoms with Crippen molar-refractivity contribution in [2.24, 2.45) is 0 Å². The van der Waals surface area contributed by atoms with E-state index in [4.69, 9.17) is 8.56 Å². The first-order valence-corrected chi connectivity index (χ1v) is 19.4. The molecule has 0 amide bonds. The summed E-state index contributed by atoms with van der Waals surface area (Å²) < 4.78 is 19.7. The molecule has 0 unspecified atom stereocenters. The van der Waals surface area contributed by atoms with E-state index in [-0.39, 0.29) is 16.7 Å². The van der Waals surface area contributed by atoms with Gasteiger partial charge in [-0.2, -0.15) is 0 Å². The van der Waals surface area contributed by atoms with Crippen LogP contribution in [0.1, 0.15) is 31.1 Å². The van der Waals surface area contributed by atoms with Gasteiger partial charge in [0, 0.05) is 0 Å². The van der Waals surface area contributed by atoms with E-state index >= 15 is 0 Å². The summed E-state index contributed by atoms with van der Waals surface area (Å²) in [5.41, 5.74) is 0.724. The van der Waals surface area contributed by atoms with Gasteiger partial charge in [0.05, 0.1) is 0 Å². The molecule has 0 aromatic heterocycles. The molecule has 0 radical (unpaired) electrons. The second-order valence-corrected chi connectivity index (χ2v) is 15.8. The van der Waals surface area contributed by atoms with Crippen LogP contribution in [0.25, 0.3) is 32.3 Å². The predicted molar refractivity (Wildman–Crippen MR) is 177 cm³/mol. The number of benzene rings is 6. The van der Waals surface area contributed by atoms with Crippen molar-refractivity contribution in [3.05, 3.63) is 139 Å². The Hall–Kier alpha value is -3.18. The zero-order chi connectivity index (χ0) is 30.1. The van der Waals surface area contributed by atoms with Crippen molar-refractivity contribution in [1.82, 2.24) is 0 Å². The number of rotatable bonds is 6. The van der Waals surface area contributed by atoms with Crippen LogP contribution in [0.2, 0.25) is 0 Å². The molecule has 0 atom stereocenters. The van der Waals surface area contributed by atoms with Crippen molar-refractivity contribution >= 4 is 121 Å². The van der Waals surface area contributed by atoms with Crippen LogP contribution in [0.4, 0.5) is 0 Å². The van der Waals surface area contributed by atoms with Gasteiger partial charge in [-0.3, -0.25) is 0 Å². The van der Waals surface area contributed by atoms with Crippen LogP contribution < -0.4 is 0 Å². The van der Waals surface area contributed by atoms with Crippen molar-refractivity contribution in [2.45, 2.75) is 0 Å². The summed E-state index contributed by atoms with van der Waals surface area (Å²) in [6.07, 6.45) is 0. The Morgan fingerprint density at radius 2 is 0.744 bits per heavy atom.